The van der Waals surface area contributed by atoms with Crippen molar-refractivity contribution in [3.8, 4) is 0 Å². The fourth-order valence-corrected chi connectivity index (χ4v) is 6.10. The molecule has 216 valence electrons. The average molecular weight is 591 g/mol. The van der Waals surface area contributed by atoms with Gasteiger partial charge in [-0.05, 0) is 73.9 Å². The number of hydrogen-bond donors (Lipinski definition) is 0. The van der Waals surface area contributed by atoms with Crippen LogP contribution in [-0.2, 0) is 37.9 Å². The van der Waals surface area contributed by atoms with E-state index in [2.05, 4.69) is 20.0 Å². The molecule has 0 aliphatic carbocycles. The first-order valence-corrected chi connectivity index (χ1v) is 14.9. The van der Waals surface area contributed by atoms with E-state index in [1.165, 1.54) is 35.5 Å². The van der Waals surface area contributed by atoms with Crippen LogP contribution in [0.15, 0.2) is 89.3 Å². The van der Waals surface area contributed by atoms with Crippen LogP contribution in [0.5, 0.6) is 0 Å². The molecule has 2 aliphatic rings. The molecular weight excluding hydrogens is 562 g/mol. The highest BCUT2D eigenvalue weighted by molar-refractivity contribution is 7.86. The number of fused-ring (bicyclic) bond motifs is 2. The van der Waals surface area contributed by atoms with E-state index in [0.29, 0.717) is 18.7 Å². The molecule has 4 aromatic rings. The van der Waals surface area contributed by atoms with Gasteiger partial charge in [-0.15, -0.1) is 0 Å². The third-order valence-electron chi connectivity index (χ3n) is 7.78. The molecule has 0 bridgehead atoms. The van der Waals surface area contributed by atoms with Gasteiger partial charge in [0.2, 0.25) is 0 Å². The number of piperidine rings is 1. The Morgan fingerprint density at radius 3 is 2.48 bits per heavy atom. The van der Waals surface area contributed by atoms with Gasteiger partial charge in [0.25, 0.3) is 0 Å². The van der Waals surface area contributed by atoms with Gasteiger partial charge in [-0.25, -0.2) is 8.78 Å². The van der Waals surface area contributed by atoms with Crippen LogP contribution in [0.1, 0.15) is 46.4 Å². The summed E-state index contributed by atoms with van der Waals surface area (Å²) in [6.07, 6.45) is 6.93. The van der Waals surface area contributed by atoms with E-state index in [1.807, 2.05) is 19.2 Å². The Labute approximate surface area is 242 Å². The predicted molar refractivity (Wildman–Crippen MR) is 151 cm³/mol. The molecule has 1 spiro atoms. The SMILES string of the molecule is Cc1ccc(S(=O)(=O)ON=C(c2ccc(CN3CCC4(CC3)OCc3ccncc34)nc2)c2ccc(F)c(F)c2)cc1. The Morgan fingerprint density at radius 2 is 1.76 bits per heavy atom. The monoisotopic (exact) mass is 590 g/mol. The molecule has 0 N–H and O–H groups in total. The Kier molecular flexibility index (Phi) is 7.56. The number of aryl methyl sites for hydroxylation is 1. The van der Waals surface area contributed by atoms with E-state index in [4.69, 9.17) is 9.02 Å². The van der Waals surface area contributed by atoms with Crippen LogP contribution in [0.3, 0.4) is 0 Å². The Balaban J connectivity index is 1.19. The number of pyridine rings is 2. The molecule has 0 saturated carbocycles. The smallest absolute Gasteiger partial charge is 0.358 e. The van der Waals surface area contributed by atoms with Crippen molar-refractivity contribution in [2.75, 3.05) is 13.1 Å². The summed E-state index contributed by atoms with van der Waals surface area (Å²) in [6, 6.07) is 14.8. The molecular formula is C31H28F2N4O4S. The Bertz CT molecular complexity index is 1740. The Hall–Kier alpha value is -4.06. The molecule has 4 heterocycles. The maximum Gasteiger partial charge on any atom is 0.358 e. The normalized spacial score (nSPS) is 16.9. The quantitative estimate of drug-likeness (QED) is 0.215. The lowest BCUT2D eigenvalue weighted by Gasteiger charge is -2.39. The van der Waals surface area contributed by atoms with E-state index in [9.17, 15) is 17.2 Å². The van der Waals surface area contributed by atoms with Crippen LogP contribution >= 0.6 is 0 Å². The van der Waals surface area contributed by atoms with Crippen molar-refractivity contribution in [3.63, 3.8) is 0 Å². The minimum Gasteiger partial charge on any atom is -0.365 e. The summed E-state index contributed by atoms with van der Waals surface area (Å²) >= 11 is 0. The number of aromatic nitrogens is 2. The fourth-order valence-electron chi connectivity index (χ4n) is 5.38. The van der Waals surface area contributed by atoms with Gasteiger partial charge in [0, 0.05) is 54.9 Å². The molecule has 2 aromatic carbocycles. The molecule has 8 nitrogen and oxygen atoms in total. The zero-order valence-corrected chi connectivity index (χ0v) is 23.7. The predicted octanol–water partition coefficient (Wildman–Crippen LogP) is 5.24. The van der Waals surface area contributed by atoms with E-state index in [1.54, 1.807) is 30.5 Å². The first-order chi connectivity index (χ1) is 20.2. The molecule has 0 atom stereocenters. The van der Waals surface area contributed by atoms with Gasteiger partial charge < -0.3 is 4.74 Å². The van der Waals surface area contributed by atoms with Crippen molar-refractivity contribution < 1.29 is 26.2 Å². The van der Waals surface area contributed by atoms with Crippen LogP contribution in [0, 0.1) is 18.6 Å². The maximum absolute atomic E-state index is 14.1. The third-order valence-corrected chi connectivity index (χ3v) is 8.90. The van der Waals surface area contributed by atoms with Crippen LogP contribution in [-0.4, -0.2) is 42.1 Å². The number of oxime groups is 1. The number of ether oxygens (including phenoxy) is 1. The summed E-state index contributed by atoms with van der Waals surface area (Å²) in [7, 11) is -4.26. The highest BCUT2D eigenvalue weighted by Crippen LogP contribution is 2.43. The van der Waals surface area contributed by atoms with E-state index in [-0.39, 0.29) is 21.8 Å². The number of hydrogen-bond acceptors (Lipinski definition) is 8. The van der Waals surface area contributed by atoms with Gasteiger partial charge >= 0.3 is 10.1 Å². The second-order valence-electron chi connectivity index (χ2n) is 10.5. The second-order valence-corrected chi connectivity index (χ2v) is 12.1. The third kappa shape index (κ3) is 5.67. The Morgan fingerprint density at radius 1 is 1.00 bits per heavy atom. The van der Waals surface area contributed by atoms with Crippen molar-refractivity contribution in [3.05, 3.63) is 124 Å². The van der Waals surface area contributed by atoms with Crippen molar-refractivity contribution >= 4 is 15.8 Å². The zero-order chi connectivity index (χ0) is 29.3. The van der Waals surface area contributed by atoms with E-state index in [0.717, 1.165) is 49.3 Å². The summed E-state index contributed by atoms with van der Waals surface area (Å²) in [6.45, 7) is 4.69. The summed E-state index contributed by atoms with van der Waals surface area (Å²) < 4.78 is 64.6. The number of rotatable bonds is 7. The topological polar surface area (TPSA) is 94.0 Å². The fraction of sp³-hybridized carbons (Fsp3) is 0.258. The number of benzene rings is 2. The van der Waals surface area contributed by atoms with Gasteiger partial charge in [0.05, 0.1) is 17.9 Å². The van der Waals surface area contributed by atoms with Crippen LogP contribution in [0.4, 0.5) is 8.78 Å². The summed E-state index contributed by atoms with van der Waals surface area (Å²) in [5.74, 6) is -2.13. The molecule has 0 unspecified atom stereocenters. The molecule has 6 rings (SSSR count). The van der Waals surface area contributed by atoms with Crippen molar-refractivity contribution in [1.82, 2.24) is 14.9 Å². The van der Waals surface area contributed by atoms with Gasteiger partial charge in [-0.1, -0.05) is 22.9 Å². The van der Waals surface area contributed by atoms with Crippen LogP contribution in [0.2, 0.25) is 0 Å². The number of nitrogens with zero attached hydrogens (tertiary/aromatic N) is 4. The molecule has 42 heavy (non-hydrogen) atoms. The largest absolute Gasteiger partial charge is 0.365 e. The van der Waals surface area contributed by atoms with Crippen LogP contribution < -0.4 is 0 Å². The van der Waals surface area contributed by atoms with E-state index >= 15 is 0 Å². The lowest BCUT2D eigenvalue weighted by Crippen LogP contribution is -2.42. The highest BCUT2D eigenvalue weighted by Gasteiger charge is 2.42. The summed E-state index contributed by atoms with van der Waals surface area (Å²) in [4.78, 5) is 11.1. The van der Waals surface area contributed by atoms with Gasteiger partial charge in [0.15, 0.2) is 11.6 Å². The van der Waals surface area contributed by atoms with Crippen molar-refractivity contribution in [1.29, 1.82) is 0 Å². The first-order valence-electron chi connectivity index (χ1n) is 13.5. The minimum atomic E-state index is -4.26. The average Bonchev–Trinajstić information content (AvgIpc) is 3.35. The second kappa shape index (κ2) is 11.3. The zero-order valence-electron chi connectivity index (χ0n) is 22.8. The van der Waals surface area contributed by atoms with Gasteiger partial charge in [-0.2, -0.15) is 8.42 Å². The minimum absolute atomic E-state index is 0.00536. The maximum atomic E-state index is 14.1. The summed E-state index contributed by atoms with van der Waals surface area (Å²) in [5, 5.41) is 3.88. The van der Waals surface area contributed by atoms with Gasteiger partial charge in [-0.3, -0.25) is 19.2 Å². The summed E-state index contributed by atoms with van der Waals surface area (Å²) in [5.41, 5.74) is 4.28. The lowest BCUT2D eigenvalue weighted by atomic mass is 9.85. The standard InChI is InChI=1S/C31H28F2N4O4S/c1-21-2-7-26(8-3-21)42(38,39)41-36-30(22-5-9-28(32)29(33)16-22)23-4-6-25(35-17-23)19-37-14-11-31(12-15-37)27-18-34-13-10-24(27)20-40-31/h2-10,13,16-18H,11-12,14-15,19-20H2,1H3. The molecule has 2 aliphatic heterocycles. The first kappa shape index (κ1) is 28.1. The van der Waals surface area contributed by atoms with Gasteiger partial charge in [0.1, 0.15) is 10.6 Å². The molecule has 2 aromatic heterocycles. The molecule has 0 radical (unpaired) electrons. The van der Waals surface area contributed by atoms with Crippen molar-refractivity contribution in [2.24, 2.45) is 5.16 Å². The number of likely N-dealkylation sites (tertiary alicyclic amines) is 1. The molecule has 0 amide bonds. The lowest BCUT2D eigenvalue weighted by molar-refractivity contribution is -0.0801. The molecule has 1 saturated heterocycles. The highest BCUT2D eigenvalue weighted by atomic mass is 32.2. The molecule has 11 heteroatoms. The number of halogens is 2. The van der Waals surface area contributed by atoms with E-state index < -0.39 is 21.8 Å². The van der Waals surface area contributed by atoms with Crippen LogP contribution in [0.25, 0.3) is 0 Å². The van der Waals surface area contributed by atoms with Crippen molar-refractivity contribution in [2.45, 2.75) is 43.4 Å². The molecule has 1 fully saturated rings.